The van der Waals surface area contributed by atoms with E-state index in [2.05, 4.69) is 32.3 Å². The van der Waals surface area contributed by atoms with Crippen LogP contribution in [0.25, 0.3) is 0 Å². The standard InChI is InChI=1S/C28H28N6O2/c29-11-19-8-20-2-1-3-26(27(20)32-13-19)36-24-5-4-21(12-30)25(10-24)33-22-6-7-31-23(9-22)14-34-15-28(16-34)17-35-18-28/h4-10,12-13,26,30H,1-3,14-18H2,(H,31,33). The molecule has 2 aliphatic heterocycles. The molecule has 1 aromatic carbocycles. The molecule has 182 valence electrons. The van der Waals surface area contributed by atoms with E-state index in [0.717, 1.165) is 91.7 Å². The number of benzene rings is 1. The second-order valence-corrected chi connectivity index (χ2v) is 10.1. The van der Waals surface area contributed by atoms with Crippen LogP contribution in [0.2, 0.25) is 0 Å². The molecular formula is C28H28N6O2. The van der Waals surface area contributed by atoms with E-state index in [1.807, 2.05) is 36.5 Å². The van der Waals surface area contributed by atoms with Crippen LogP contribution >= 0.6 is 0 Å². The molecule has 36 heavy (non-hydrogen) atoms. The maximum Gasteiger partial charge on any atom is 0.141 e. The number of nitrogens with one attached hydrogen (secondary N) is 2. The van der Waals surface area contributed by atoms with Gasteiger partial charge in [-0.25, -0.2) is 0 Å². The number of hydrogen-bond donors (Lipinski definition) is 2. The Hall–Kier alpha value is -3.80. The molecule has 6 rings (SSSR count). The van der Waals surface area contributed by atoms with Gasteiger partial charge < -0.3 is 20.2 Å². The first-order valence-corrected chi connectivity index (χ1v) is 12.4. The summed E-state index contributed by atoms with van der Waals surface area (Å²) in [5, 5.41) is 20.5. The summed E-state index contributed by atoms with van der Waals surface area (Å²) in [7, 11) is 0. The fourth-order valence-electron chi connectivity index (χ4n) is 5.42. The number of likely N-dealkylation sites (tertiary alicyclic amines) is 1. The molecule has 3 aliphatic rings. The van der Waals surface area contributed by atoms with Crippen LogP contribution in [0.1, 0.15) is 47.0 Å². The van der Waals surface area contributed by atoms with Crippen LogP contribution in [0.4, 0.5) is 11.4 Å². The SMILES string of the molecule is N#Cc1cnc2c(c1)CCCC2Oc1ccc(C=N)c(Nc2ccnc(CN3CC4(COC4)C3)c2)c1. The van der Waals surface area contributed by atoms with Crippen LogP contribution in [-0.2, 0) is 17.7 Å². The molecule has 0 saturated carbocycles. The summed E-state index contributed by atoms with van der Waals surface area (Å²) in [4.78, 5) is 11.5. The van der Waals surface area contributed by atoms with Crippen molar-refractivity contribution in [2.45, 2.75) is 31.9 Å². The van der Waals surface area contributed by atoms with Gasteiger partial charge in [0.15, 0.2) is 0 Å². The van der Waals surface area contributed by atoms with E-state index >= 15 is 0 Å². The van der Waals surface area contributed by atoms with Gasteiger partial charge in [0, 0.05) is 61.0 Å². The predicted molar refractivity (Wildman–Crippen MR) is 136 cm³/mol. The van der Waals surface area contributed by atoms with Crippen molar-refractivity contribution in [3.05, 3.63) is 76.9 Å². The van der Waals surface area contributed by atoms with Gasteiger partial charge in [0.1, 0.15) is 17.9 Å². The number of ether oxygens (including phenoxy) is 2. The molecular weight excluding hydrogens is 452 g/mol. The first-order valence-electron chi connectivity index (χ1n) is 12.4. The van der Waals surface area contributed by atoms with Crippen molar-refractivity contribution in [1.29, 1.82) is 10.7 Å². The van der Waals surface area contributed by atoms with Gasteiger partial charge >= 0.3 is 0 Å². The third kappa shape index (κ3) is 4.43. The summed E-state index contributed by atoms with van der Waals surface area (Å²) in [5.41, 5.74) is 6.49. The maximum atomic E-state index is 9.19. The number of pyridine rings is 2. The molecule has 1 unspecified atom stereocenters. The second kappa shape index (κ2) is 9.34. The van der Waals surface area contributed by atoms with Gasteiger partial charge in [0.05, 0.1) is 35.9 Å². The van der Waals surface area contributed by atoms with E-state index in [1.165, 1.54) is 6.21 Å². The Labute approximate surface area is 210 Å². The lowest BCUT2D eigenvalue weighted by molar-refractivity contribution is -0.191. The molecule has 0 radical (unpaired) electrons. The number of nitrogens with zero attached hydrogens (tertiary/aromatic N) is 4. The van der Waals surface area contributed by atoms with E-state index in [0.29, 0.717) is 11.0 Å². The molecule has 2 saturated heterocycles. The molecule has 8 heteroatoms. The molecule has 4 heterocycles. The molecule has 8 nitrogen and oxygen atoms in total. The van der Waals surface area contributed by atoms with Crippen LogP contribution in [0.3, 0.4) is 0 Å². The van der Waals surface area contributed by atoms with Crippen LogP contribution in [-0.4, -0.2) is 47.4 Å². The Morgan fingerprint density at radius 2 is 2.11 bits per heavy atom. The van der Waals surface area contributed by atoms with E-state index in [1.54, 1.807) is 6.20 Å². The zero-order valence-electron chi connectivity index (χ0n) is 20.0. The summed E-state index contributed by atoms with van der Waals surface area (Å²) in [6.45, 7) is 4.72. The number of nitriles is 1. The fraction of sp³-hybridized carbons (Fsp3) is 0.357. The molecule has 1 spiro atoms. The lowest BCUT2D eigenvalue weighted by Gasteiger charge is -2.55. The average molecular weight is 481 g/mol. The van der Waals surface area contributed by atoms with Gasteiger partial charge in [-0.1, -0.05) is 0 Å². The van der Waals surface area contributed by atoms with Gasteiger partial charge in [-0.05, 0) is 55.2 Å². The summed E-state index contributed by atoms with van der Waals surface area (Å²) in [5.74, 6) is 0.718. The van der Waals surface area contributed by atoms with Gasteiger partial charge in [0.25, 0.3) is 0 Å². The molecule has 1 atom stereocenters. The number of fused-ring (bicyclic) bond motifs is 1. The minimum atomic E-state index is -0.159. The zero-order chi connectivity index (χ0) is 24.5. The molecule has 1 aliphatic carbocycles. The number of aromatic nitrogens is 2. The topological polar surface area (TPSA) is 107 Å². The Kier molecular flexibility index (Phi) is 5.88. The lowest BCUT2D eigenvalue weighted by Crippen LogP contribution is -2.65. The molecule has 3 aromatic rings. The van der Waals surface area contributed by atoms with Gasteiger partial charge in [-0.3, -0.25) is 14.9 Å². The van der Waals surface area contributed by atoms with Gasteiger partial charge in [0.2, 0.25) is 0 Å². The van der Waals surface area contributed by atoms with Crippen molar-refractivity contribution in [1.82, 2.24) is 14.9 Å². The zero-order valence-corrected chi connectivity index (χ0v) is 20.0. The molecule has 2 fully saturated rings. The first-order chi connectivity index (χ1) is 17.6. The Morgan fingerprint density at radius 1 is 1.22 bits per heavy atom. The Bertz CT molecular complexity index is 1340. The highest BCUT2D eigenvalue weighted by Crippen LogP contribution is 2.38. The molecule has 0 amide bonds. The quantitative estimate of drug-likeness (QED) is 0.483. The highest BCUT2D eigenvalue weighted by molar-refractivity contribution is 5.88. The van der Waals surface area contributed by atoms with Crippen molar-refractivity contribution >= 4 is 17.6 Å². The number of rotatable bonds is 7. The van der Waals surface area contributed by atoms with Gasteiger partial charge in [-0.2, -0.15) is 5.26 Å². The van der Waals surface area contributed by atoms with Crippen molar-refractivity contribution in [3.8, 4) is 11.8 Å². The number of hydrogen-bond acceptors (Lipinski definition) is 8. The van der Waals surface area contributed by atoms with Crippen molar-refractivity contribution < 1.29 is 9.47 Å². The lowest BCUT2D eigenvalue weighted by atomic mass is 9.78. The monoisotopic (exact) mass is 480 g/mol. The van der Waals surface area contributed by atoms with Crippen LogP contribution < -0.4 is 10.1 Å². The number of aryl methyl sites for hydroxylation is 1. The summed E-state index contributed by atoms with van der Waals surface area (Å²) in [6.07, 6.45) is 7.40. The smallest absolute Gasteiger partial charge is 0.141 e. The van der Waals surface area contributed by atoms with Crippen LogP contribution in [0, 0.1) is 22.2 Å². The largest absolute Gasteiger partial charge is 0.484 e. The van der Waals surface area contributed by atoms with E-state index < -0.39 is 0 Å². The summed E-state index contributed by atoms with van der Waals surface area (Å²) < 4.78 is 11.8. The highest BCUT2D eigenvalue weighted by atomic mass is 16.5. The van der Waals surface area contributed by atoms with Crippen molar-refractivity contribution in [2.75, 3.05) is 31.6 Å². The Balaban J connectivity index is 1.17. The number of anilines is 2. The third-order valence-electron chi connectivity index (χ3n) is 7.22. The summed E-state index contributed by atoms with van der Waals surface area (Å²) in [6, 6.07) is 13.8. The van der Waals surface area contributed by atoms with Gasteiger partial charge in [-0.15, -0.1) is 0 Å². The second-order valence-electron chi connectivity index (χ2n) is 10.1. The molecule has 0 bridgehead atoms. The molecule has 2 aromatic heterocycles. The van der Waals surface area contributed by atoms with Crippen LogP contribution in [0.5, 0.6) is 5.75 Å². The highest BCUT2D eigenvalue weighted by Gasteiger charge is 2.48. The minimum absolute atomic E-state index is 0.159. The molecule has 2 N–H and O–H groups in total. The van der Waals surface area contributed by atoms with Crippen LogP contribution in [0.15, 0.2) is 48.8 Å². The average Bonchev–Trinajstić information content (AvgIpc) is 2.85. The fourth-order valence-corrected chi connectivity index (χ4v) is 5.42. The maximum absolute atomic E-state index is 9.19. The first kappa shape index (κ1) is 22.7. The van der Waals surface area contributed by atoms with Crippen molar-refractivity contribution in [2.24, 2.45) is 5.41 Å². The Morgan fingerprint density at radius 3 is 2.89 bits per heavy atom. The normalized spacial score (nSPS) is 19.9. The van der Waals surface area contributed by atoms with E-state index in [9.17, 15) is 5.26 Å². The third-order valence-corrected chi connectivity index (χ3v) is 7.22. The minimum Gasteiger partial charge on any atom is -0.484 e. The van der Waals surface area contributed by atoms with E-state index in [4.69, 9.17) is 14.9 Å². The predicted octanol–water partition coefficient (Wildman–Crippen LogP) is 4.38. The summed E-state index contributed by atoms with van der Waals surface area (Å²) >= 11 is 0. The van der Waals surface area contributed by atoms with Crippen molar-refractivity contribution in [3.63, 3.8) is 0 Å². The van der Waals surface area contributed by atoms with E-state index in [-0.39, 0.29) is 6.10 Å².